The second-order valence-corrected chi connectivity index (χ2v) is 8.78. The van der Waals surface area contributed by atoms with Crippen LogP contribution in [0.2, 0.25) is 0 Å². The Morgan fingerprint density at radius 1 is 1.36 bits per heavy atom. The predicted octanol–water partition coefficient (Wildman–Crippen LogP) is 0.204. The van der Waals surface area contributed by atoms with E-state index in [1.165, 1.54) is 10.6 Å². The van der Waals surface area contributed by atoms with Gasteiger partial charge in [0, 0.05) is 37.5 Å². The number of hydrogen-bond donors (Lipinski definition) is 1. The number of aromatic nitrogens is 2. The normalized spacial score (nSPS) is 21.4. The number of H-pyrrole nitrogens is 1. The lowest BCUT2D eigenvalue weighted by Crippen LogP contribution is -2.39. The molecular weight excluding hydrogens is 344 g/mol. The molecule has 1 saturated heterocycles. The van der Waals surface area contributed by atoms with Gasteiger partial charge in [-0.3, -0.25) is 9.59 Å². The number of hydrogen-bond acceptors (Lipinski definition) is 5. The molecule has 0 aliphatic carbocycles. The van der Waals surface area contributed by atoms with Crippen molar-refractivity contribution in [1.29, 1.82) is 0 Å². The molecule has 1 aromatic rings. The molecule has 25 heavy (non-hydrogen) atoms. The van der Waals surface area contributed by atoms with Crippen LogP contribution < -0.4 is 5.56 Å². The van der Waals surface area contributed by atoms with Crippen LogP contribution in [-0.2, 0) is 27.8 Å². The van der Waals surface area contributed by atoms with Crippen molar-refractivity contribution in [1.82, 2.24) is 19.2 Å². The maximum Gasteiger partial charge on any atom is 0.254 e. The zero-order chi connectivity index (χ0) is 18.2. The van der Waals surface area contributed by atoms with Crippen LogP contribution in [0.1, 0.15) is 49.2 Å². The molecule has 8 nitrogen and oxygen atoms in total. The Kier molecular flexibility index (Phi) is 4.97. The van der Waals surface area contributed by atoms with Crippen molar-refractivity contribution in [3.8, 4) is 0 Å². The Balaban J connectivity index is 1.82. The second kappa shape index (κ2) is 6.87. The molecule has 0 saturated carbocycles. The molecule has 0 aromatic carbocycles. The molecule has 1 amide bonds. The van der Waals surface area contributed by atoms with E-state index in [0.29, 0.717) is 49.6 Å². The van der Waals surface area contributed by atoms with Crippen molar-refractivity contribution < 1.29 is 13.2 Å². The predicted molar refractivity (Wildman–Crippen MR) is 92.7 cm³/mol. The highest BCUT2D eigenvalue weighted by Gasteiger charge is 2.31. The van der Waals surface area contributed by atoms with Gasteiger partial charge >= 0.3 is 0 Å². The molecule has 2 aliphatic rings. The standard InChI is InChI=1S/C16H24N4O4S/c1-3-4-14(21)19-7-5-11(9-19)15-17-13-10-20(25(2,23)24)8-6-12(13)16(22)18-15/h11H,3-10H2,1-2H3,(H,17,18,22)/t11-/m1/s1. The van der Waals surface area contributed by atoms with Gasteiger partial charge in [-0.05, 0) is 19.3 Å². The number of amides is 1. The van der Waals surface area contributed by atoms with Gasteiger partial charge in [0.05, 0.1) is 18.5 Å². The Morgan fingerprint density at radius 2 is 2.12 bits per heavy atom. The average molecular weight is 368 g/mol. The molecule has 138 valence electrons. The number of nitrogens with zero attached hydrogens (tertiary/aromatic N) is 3. The Morgan fingerprint density at radius 3 is 2.80 bits per heavy atom. The van der Waals surface area contributed by atoms with Crippen LogP contribution in [0.25, 0.3) is 0 Å². The van der Waals surface area contributed by atoms with Gasteiger partial charge < -0.3 is 9.88 Å². The van der Waals surface area contributed by atoms with Gasteiger partial charge in [-0.1, -0.05) is 6.92 Å². The van der Waals surface area contributed by atoms with E-state index in [0.717, 1.165) is 12.8 Å². The third kappa shape index (κ3) is 3.77. The SMILES string of the molecule is CCCC(=O)N1CC[C@@H](c2nc3c(c(=O)[nH]2)CCN(S(C)(=O)=O)C3)C1. The molecule has 0 unspecified atom stereocenters. The molecule has 3 rings (SSSR count). The van der Waals surface area contributed by atoms with Gasteiger partial charge in [0.1, 0.15) is 5.82 Å². The summed E-state index contributed by atoms with van der Waals surface area (Å²) in [6, 6.07) is 0. The first-order valence-corrected chi connectivity index (χ1v) is 10.5. The summed E-state index contributed by atoms with van der Waals surface area (Å²) in [5, 5.41) is 0. The van der Waals surface area contributed by atoms with E-state index in [1.807, 2.05) is 11.8 Å². The molecule has 1 atom stereocenters. The summed E-state index contributed by atoms with van der Waals surface area (Å²) in [4.78, 5) is 33.6. The van der Waals surface area contributed by atoms with Crippen molar-refractivity contribution in [2.45, 2.75) is 45.1 Å². The molecule has 9 heteroatoms. The summed E-state index contributed by atoms with van der Waals surface area (Å²) in [5.74, 6) is 0.687. The van der Waals surface area contributed by atoms with E-state index in [2.05, 4.69) is 9.97 Å². The van der Waals surface area contributed by atoms with E-state index < -0.39 is 10.0 Å². The van der Waals surface area contributed by atoms with Crippen LogP contribution in [-0.4, -0.2) is 59.4 Å². The highest BCUT2D eigenvalue weighted by Crippen LogP contribution is 2.26. The van der Waals surface area contributed by atoms with Crippen molar-refractivity contribution >= 4 is 15.9 Å². The number of fused-ring (bicyclic) bond motifs is 1. The fourth-order valence-corrected chi connectivity index (χ4v) is 4.27. The van der Waals surface area contributed by atoms with Crippen molar-refractivity contribution in [2.75, 3.05) is 25.9 Å². The third-order valence-electron chi connectivity index (χ3n) is 4.92. The second-order valence-electron chi connectivity index (χ2n) is 6.80. The molecule has 1 N–H and O–H groups in total. The smallest absolute Gasteiger partial charge is 0.254 e. The Hall–Kier alpha value is -1.74. The lowest BCUT2D eigenvalue weighted by atomic mass is 10.1. The summed E-state index contributed by atoms with van der Waals surface area (Å²) >= 11 is 0. The van der Waals surface area contributed by atoms with Crippen LogP contribution in [0.3, 0.4) is 0 Å². The molecule has 0 radical (unpaired) electrons. The number of sulfonamides is 1. The minimum absolute atomic E-state index is 0.00702. The molecule has 1 fully saturated rings. The molecular formula is C16H24N4O4S. The van der Waals surface area contributed by atoms with E-state index in [-0.39, 0.29) is 23.9 Å². The molecule has 1 aromatic heterocycles. The monoisotopic (exact) mass is 368 g/mol. The summed E-state index contributed by atoms with van der Waals surface area (Å²) in [6.07, 6.45) is 3.64. The van der Waals surface area contributed by atoms with Crippen LogP contribution in [0.4, 0.5) is 0 Å². The highest BCUT2D eigenvalue weighted by molar-refractivity contribution is 7.88. The van der Waals surface area contributed by atoms with Gasteiger partial charge in [-0.2, -0.15) is 4.31 Å². The molecule has 0 spiro atoms. The van der Waals surface area contributed by atoms with E-state index in [1.54, 1.807) is 0 Å². The fraction of sp³-hybridized carbons (Fsp3) is 0.688. The molecule has 3 heterocycles. The zero-order valence-corrected chi connectivity index (χ0v) is 15.4. The van der Waals surface area contributed by atoms with Crippen molar-refractivity contribution in [2.24, 2.45) is 0 Å². The van der Waals surface area contributed by atoms with Crippen molar-refractivity contribution in [3.63, 3.8) is 0 Å². The molecule has 0 bridgehead atoms. The Labute approximate surface area is 147 Å². The maximum absolute atomic E-state index is 12.4. The van der Waals surface area contributed by atoms with E-state index in [4.69, 9.17) is 0 Å². The largest absolute Gasteiger partial charge is 0.342 e. The topological polar surface area (TPSA) is 103 Å². The number of rotatable bonds is 4. The molecule has 2 aliphatic heterocycles. The summed E-state index contributed by atoms with van der Waals surface area (Å²) in [6.45, 7) is 3.63. The van der Waals surface area contributed by atoms with Crippen LogP contribution in [0.5, 0.6) is 0 Å². The highest BCUT2D eigenvalue weighted by atomic mass is 32.2. The van der Waals surface area contributed by atoms with Gasteiger partial charge in [-0.25, -0.2) is 13.4 Å². The van der Waals surface area contributed by atoms with Crippen LogP contribution in [0, 0.1) is 0 Å². The van der Waals surface area contributed by atoms with Crippen LogP contribution in [0.15, 0.2) is 4.79 Å². The average Bonchev–Trinajstić information content (AvgIpc) is 3.04. The minimum Gasteiger partial charge on any atom is -0.342 e. The summed E-state index contributed by atoms with van der Waals surface area (Å²) in [5.41, 5.74) is 0.917. The first-order valence-electron chi connectivity index (χ1n) is 8.64. The van der Waals surface area contributed by atoms with Crippen LogP contribution >= 0.6 is 0 Å². The van der Waals surface area contributed by atoms with Crippen molar-refractivity contribution in [3.05, 3.63) is 27.4 Å². The third-order valence-corrected chi connectivity index (χ3v) is 6.17. The zero-order valence-electron chi connectivity index (χ0n) is 14.6. The van der Waals surface area contributed by atoms with Gasteiger partial charge in [-0.15, -0.1) is 0 Å². The van der Waals surface area contributed by atoms with E-state index in [9.17, 15) is 18.0 Å². The first kappa shape index (κ1) is 18.1. The summed E-state index contributed by atoms with van der Waals surface area (Å²) in [7, 11) is -3.31. The number of likely N-dealkylation sites (tertiary alicyclic amines) is 1. The number of carbonyl (C=O) groups excluding carboxylic acids is 1. The fourth-order valence-electron chi connectivity index (χ4n) is 3.49. The van der Waals surface area contributed by atoms with Gasteiger partial charge in [0.2, 0.25) is 15.9 Å². The Bertz CT molecular complexity index is 833. The lowest BCUT2D eigenvalue weighted by Gasteiger charge is -2.26. The van der Waals surface area contributed by atoms with Gasteiger partial charge in [0.15, 0.2) is 0 Å². The number of carbonyl (C=O) groups is 1. The summed E-state index contributed by atoms with van der Waals surface area (Å²) < 4.78 is 24.9. The van der Waals surface area contributed by atoms with E-state index >= 15 is 0 Å². The quantitative estimate of drug-likeness (QED) is 0.818. The number of aromatic amines is 1. The number of nitrogens with one attached hydrogen (secondary N) is 1. The lowest BCUT2D eigenvalue weighted by molar-refractivity contribution is -0.130. The van der Waals surface area contributed by atoms with Gasteiger partial charge in [0.25, 0.3) is 5.56 Å². The maximum atomic E-state index is 12.4. The first-order chi connectivity index (χ1) is 11.8. The minimum atomic E-state index is -3.31.